The van der Waals surface area contributed by atoms with Crippen molar-refractivity contribution in [2.75, 3.05) is 13.2 Å². The van der Waals surface area contributed by atoms with Gasteiger partial charge in [-0.1, -0.05) is 37.3 Å². The van der Waals surface area contributed by atoms with Gasteiger partial charge in [0.2, 0.25) is 11.8 Å². The number of hydrogen-bond donors (Lipinski definition) is 2. The van der Waals surface area contributed by atoms with Gasteiger partial charge < -0.3 is 24.8 Å². The predicted molar refractivity (Wildman–Crippen MR) is 125 cm³/mol. The Labute approximate surface area is 201 Å². The highest BCUT2D eigenvalue weighted by Gasteiger charge is 2.79. The van der Waals surface area contributed by atoms with Gasteiger partial charge in [-0.15, -0.1) is 0 Å². The predicted octanol–water partition coefficient (Wildman–Crippen LogP) is 1.83. The summed E-state index contributed by atoms with van der Waals surface area (Å²) in [6.45, 7) is 7.32. The molecule has 0 aliphatic carbocycles. The van der Waals surface area contributed by atoms with Crippen LogP contribution < -0.4 is 5.32 Å². The van der Waals surface area contributed by atoms with Crippen LogP contribution in [0.2, 0.25) is 0 Å². The molecule has 8 nitrogen and oxygen atoms in total. The van der Waals surface area contributed by atoms with E-state index in [0.717, 1.165) is 5.56 Å². The Morgan fingerprint density at radius 1 is 1.24 bits per heavy atom. The molecule has 1 spiro atoms. The molecule has 34 heavy (non-hydrogen) atoms. The van der Waals surface area contributed by atoms with Crippen molar-refractivity contribution in [1.29, 1.82) is 0 Å². The molecule has 1 aromatic rings. The molecule has 0 radical (unpaired) electrons. The minimum atomic E-state index is -1.12. The first kappa shape index (κ1) is 24.7. The van der Waals surface area contributed by atoms with Crippen LogP contribution in [0.3, 0.4) is 0 Å². The number of rotatable bonds is 9. The monoisotopic (exact) mass is 472 g/mol. The highest BCUT2D eigenvalue weighted by atomic mass is 16.6. The van der Waals surface area contributed by atoms with Crippen molar-refractivity contribution in [3.8, 4) is 0 Å². The summed E-state index contributed by atoms with van der Waals surface area (Å²) in [6, 6.07) is 7.88. The van der Waals surface area contributed by atoms with Gasteiger partial charge in [-0.3, -0.25) is 14.4 Å². The van der Waals surface area contributed by atoms with Crippen LogP contribution in [0.1, 0.15) is 52.5 Å². The largest absolute Gasteiger partial charge is 0.466 e. The third kappa shape index (κ3) is 3.71. The number of ether oxygens (including phenoxy) is 2. The van der Waals surface area contributed by atoms with Crippen LogP contribution in [0.15, 0.2) is 30.3 Å². The van der Waals surface area contributed by atoms with Gasteiger partial charge in [-0.05, 0) is 52.0 Å². The number of carbonyl (C=O) groups is 3. The minimum Gasteiger partial charge on any atom is -0.466 e. The quantitative estimate of drug-likeness (QED) is 0.532. The Morgan fingerprint density at radius 3 is 2.53 bits per heavy atom. The fraction of sp³-hybridized carbons (Fsp3) is 0.654. The van der Waals surface area contributed by atoms with E-state index in [1.165, 1.54) is 4.90 Å². The van der Waals surface area contributed by atoms with E-state index in [-0.39, 0.29) is 31.1 Å². The molecule has 2 amide bonds. The first-order chi connectivity index (χ1) is 16.2. The molecule has 3 heterocycles. The van der Waals surface area contributed by atoms with Crippen molar-refractivity contribution in [3.05, 3.63) is 35.9 Å². The fourth-order valence-corrected chi connectivity index (χ4v) is 6.44. The lowest BCUT2D eigenvalue weighted by Crippen LogP contribution is -2.59. The van der Waals surface area contributed by atoms with Gasteiger partial charge in [0.25, 0.3) is 0 Å². The number of carbonyl (C=O) groups excluding carboxylic acids is 3. The number of amides is 2. The minimum absolute atomic E-state index is 0.138. The number of hydrogen-bond acceptors (Lipinski definition) is 6. The fourth-order valence-electron chi connectivity index (χ4n) is 6.44. The summed E-state index contributed by atoms with van der Waals surface area (Å²) in [5.74, 6) is -2.65. The molecule has 2 unspecified atom stereocenters. The van der Waals surface area contributed by atoms with E-state index in [2.05, 4.69) is 5.32 Å². The molecule has 1 aromatic carbocycles. The van der Waals surface area contributed by atoms with Gasteiger partial charge in [0, 0.05) is 6.04 Å². The first-order valence-corrected chi connectivity index (χ1v) is 12.4. The average molecular weight is 473 g/mol. The van der Waals surface area contributed by atoms with Crippen molar-refractivity contribution < 1.29 is 29.0 Å². The number of esters is 1. The van der Waals surface area contributed by atoms with E-state index in [1.807, 2.05) is 51.1 Å². The van der Waals surface area contributed by atoms with E-state index in [1.54, 1.807) is 6.92 Å². The second kappa shape index (κ2) is 9.30. The van der Waals surface area contributed by atoms with Crippen molar-refractivity contribution >= 4 is 17.8 Å². The van der Waals surface area contributed by atoms with Crippen molar-refractivity contribution in [2.45, 2.75) is 82.7 Å². The van der Waals surface area contributed by atoms with Crippen LogP contribution in [-0.4, -0.2) is 70.3 Å². The van der Waals surface area contributed by atoms with Gasteiger partial charge in [0.05, 0.1) is 30.8 Å². The van der Waals surface area contributed by atoms with E-state index in [4.69, 9.17) is 9.47 Å². The molecule has 186 valence electrons. The van der Waals surface area contributed by atoms with Crippen LogP contribution in [-0.2, 0) is 30.3 Å². The highest BCUT2D eigenvalue weighted by molar-refractivity contribution is 5.98. The molecule has 3 aliphatic heterocycles. The number of aliphatic hydroxyl groups excluding tert-OH is 1. The second-order valence-corrected chi connectivity index (χ2v) is 10.0. The third-order valence-corrected chi connectivity index (χ3v) is 7.76. The van der Waals surface area contributed by atoms with Crippen LogP contribution >= 0.6 is 0 Å². The highest BCUT2D eigenvalue weighted by Crippen LogP contribution is 2.64. The Bertz CT molecular complexity index is 936. The Hall–Kier alpha value is -2.45. The first-order valence-electron chi connectivity index (χ1n) is 12.4. The molecule has 2 bridgehead atoms. The molecule has 8 heteroatoms. The second-order valence-electron chi connectivity index (χ2n) is 10.0. The lowest BCUT2D eigenvalue weighted by atomic mass is 9.65. The van der Waals surface area contributed by atoms with Crippen molar-refractivity contribution in [2.24, 2.45) is 11.8 Å². The topological polar surface area (TPSA) is 105 Å². The zero-order valence-corrected chi connectivity index (χ0v) is 20.5. The Morgan fingerprint density at radius 2 is 1.94 bits per heavy atom. The summed E-state index contributed by atoms with van der Waals surface area (Å²) >= 11 is 0. The number of nitrogens with zero attached hydrogens (tertiary/aromatic N) is 1. The molecule has 0 aromatic heterocycles. The van der Waals surface area contributed by atoms with Gasteiger partial charge >= 0.3 is 5.97 Å². The van der Waals surface area contributed by atoms with Gasteiger partial charge in [0.1, 0.15) is 17.6 Å². The van der Waals surface area contributed by atoms with Gasteiger partial charge in [-0.2, -0.15) is 0 Å². The van der Waals surface area contributed by atoms with E-state index in [9.17, 15) is 19.5 Å². The smallest absolute Gasteiger partial charge is 0.312 e. The van der Waals surface area contributed by atoms with Crippen LogP contribution in [0.4, 0.5) is 0 Å². The summed E-state index contributed by atoms with van der Waals surface area (Å²) in [5, 5.41) is 13.3. The lowest BCUT2D eigenvalue weighted by Gasteiger charge is -2.37. The molecule has 3 aliphatic rings. The maximum Gasteiger partial charge on any atom is 0.312 e. The van der Waals surface area contributed by atoms with Crippen molar-refractivity contribution in [1.82, 2.24) is 10.2 Å². The summed E-state index contributed by atoms with van der Waals surface area (Å²) in [7, 11) is 0. The van der Waals surface area contributed by atoms with Crippen LogP contribution in [0, 0.1) is 11.8 Å². The lowest BCUT2D eigenvalue weighted by molar-refractivity contribution is -0.161. The molecule has 6 atom stereocenters. The zero-order valence-electron chi connectivity index (χ0n) is 20.5. The Kier molecular flexibility index (Phi) is 6.75. The SMILES string of the molecule is CCOC(=O)[C@H]1[C@H]2C(=O)N([C@@H](CO)Cc3ccccc3)C(C(=O)NC(C)C)C23CC[C@]1(CC)O3. The van der Waals surface area contributed by atoms with Gasteiger partial charge in [-0.25, -0.2) is 0 Å². The normalized spacial score (nSPS) is 32.7. The summed E-state index contributed by atoms with van der Waals surface area (Å²) < 4.78 is 12.1. The van der Waals surface area contributed by atoms with E-state index in [0.29, 0.717) is 25.7 Å². The summed E-state index contributed by atoms with van der Waals surface area (Å²) in [6.07, 6.45) is 2.02. The molecular formula is C26H36N2O6. The average Bonchev–Trinajstić information content (AvgIpc) is 3.41. The molecule has 3 fully saturated rings. The number of fused-ring (bicyclic) bond motifs is 1. The van der Waals surface area contributed by atoms with E-state index >= 15 is 0 Å². The Balaban J connectivity index is 1.79. The number of aliphatic hydroxyl groups is 1. The number of likely N-dealkylation sites (tertiary alicyclic amines) is 1. The molecule has 0 saturated carbocycles. The third-order valence-electron chi connectivity index (χ3n) is 7.76. The number of nitrogens with one attached hydrogen (secondary N) is 1. The van der Waals surface area contributed by atoms with Crippen LogP contribution in [0.25, 0.3) is 0 Å². The standard InChI is InChI=1S/C26H36N2O6/c1-5-25-12-13-26(34-25)19(20(25)24(32)33-6-2)23(31)28(21(26)22(30)27-16(3)4)18(15-29)14-17-10-8-7-9-11-17/h7-11,16,18-21,29H,5-6,12-15H2,1-4H3,(H,27,30)/t18-,19+,20-,21?,25+,26?/m1/s1. The molecule has 3 saturated heterocycles. The van der Waals surface area contributed by atoms with E-state index < -0.39 is 41.1 Å². The maximum absolute atomic E-state index is 14.1. The zero-order chi connectivity index (χ0) is 24.7. The summed E-state index contributed by atoms with van der Waals surface area (Å²) in [5.41, 5.74) is -0.986. The molecule has 2 N–H and O–H groups in total. The van der Waals surface area contributed by atoms with Gasteiger partial charge in [0.15, 0.2) is 0 Å². The molecular weight excluding hydrogens is 436 g/mol. The number of benzene rings is 1. The molecule has 4 rings (SSSR count). The summed E-state index contributed by atoms with van der Waals surface area (Å²) in [4.78, 5) is 42.4. The van der Waals surface area contributed by atoms with Crippen LogP contribution in [0.5, 0.6) is 0 Å². The maximum atomic E-state index is 14.1. The van der Waals surface area contributed by atoms with Crippen molar-refractivity contribution in [3.63, 3.8) is 0 Å².